The molecule has 4 rings (SSSR count). The fourth-order valence-electron chi connectivity index (χ4n) is 3.35. The second-order valence-electron chi connectivity index (χ2n) is 7.00. The van der Waals surface area contributed by atoms with Gasteiger partial charge in [-0.05, 0) is 60.7 Å². The van der Waals surface area contributed by atoms with Gasteiger partial charge in [0.1, 0.15) is 11.5 Å². The van der Waals surface area contributed by atoms with Gasteiger partial charge >= 0.3 is 6.03 Å². The van der Waals surface area contributed by atoms with Gasteiger partial charge in [0.2, 0.25) is 0 Å². The van der Waals surface area contributed by atoms with Crippen LogP contribution in [0.2, 0.25) is 0 Å². The molecule has 1 aliphatic rings. The van der Waals surface area contributed by atoms with Gasteiger partial charge in [0, 0.05) is 37.6 Å². The van der Waals surface area contributed by atoms with Gasteiger partial charge in [-0.1, -0.05) is 18.2 Å². The third-order valence-electron chi connectivity index (χ3n) is 5.01. The Bertz CT molecular complexity index is 1020. The second-order valence-corrected chi connectivity index (χ2v) is 7.00. The number of hydrogen-bond donors (Lipinski definition) is 1. The van der Waals surface area contributed by atoms with E-state index < -0.39 is 0 Å². The van der Waals surface area contributed by atoms with Crippen molar-refractivity contribution < 1.29 is 9.53 Å². The van der Waals surface area contributed by atoms with E-state index in [1.54, 1.807) is 0 Å². The molecule has 2 amide bonds. The summed E-state index contributed by atoms with van der Waals surface area (Å²) in [5.74, 6) is 1.49. The van der Waals surface area contributed by atoms with Crippen LogP contribution in [-0.4, -0.2) is 37.1 Å². The Balaban J connectivity index is 1.28. The van der Waals surface area contributed by atoms with Crippen LogP contribution in [0.25, 0.3) is 0 Å². The Hall–Kier alpha value is -3.98. The highest BCUT2D eigenvalue weighted by Crippen LogP contribution is 2.23. The predicted molar refractivity (Wildman–Crippen MR) is 117 cm³/mol. The molecule has 150 valence electrons. The van der Waals surface area contributed by atoms with Crippen molar-refractivity contribution in [3.05, 3.63) is 84.4 Å². The van der Waals surface area contributed by atoms with Crippen LogP contribution >= 0.6 is 0 Å². The zero-order valence-electron chi connectivity index (χ0n) is 16.5. The predicted octanol–water partition coefficient (Wildman–Crippen LogP) is 4.70. The van der Waals surface area contributed by atoms with Crippen molar-refractivity contribution in [3.63, 3.8) is 0 Å². The van der Waals surface area contributed by atoms with Gasteiger partial charge in [-0.2, -0.15) is 5.26 Å². The Labute approximate surface area is 175 Å². The maximum absolute atomic E-state index is 12.6. The molecule has 0 spiro atoms. The summed E-state index contributed by atoms with van der Waals surface area (Å²) in [5.41, 5.74) is 2.45. The Morgan fingerprint density at radius 1 is 0.833 bits per heavy atom. The average molecular weight is 398 g/mol. The summed E-state index contributed by atoms with van der Waals surface area (Å²) in [6.07, 6.45) is 0. The number of nitriles is 1. The first kappa shape index (κ1) is 19.3. The minimum absolute atomic E-state index is 0.105. The standard InChI is InChI=1S/C24H22N4O2/c25-18-19-6-10-21(11-7-19)27-14-16-28(17-15-27)24(29)26-20-8-12-23(13-9-20)30-22-4-2-1-3-5-22/h1-13H,14-17H2,(H,26,29). The number of urea groups is 1. The zero-order chi connectivity index (χ0) is 20.8. The Morgan fingerprint density at radius 3 is 2.10 bits per heavy atom. The summed E-state index contributed by atoms with van der Waals surface area (Å²) < 4.78 is 5.78. The molecule has 0 bridgehead atoms. The number of ether oxygens (including phenoxy) is 1. The number of nitrogens with one attached hydrogen (secondary N) is 1. The SMILES string of the molecule is N#Cc1ccc(N2CCN(C(=O)Nc3ccc(Oc4ccccc4)cc3)CC2)cc1. The van der Waals surface area contributed by atoms with Gasteiger partial charge in [-0.15, -0.1) is 0 Å². The number of para-hydroxylation sites is 1. The molecule has 1 N–H and O–H groups in total. The van der Waals surface area contributed by atoms with E-state index in [2.05, 4.69) is 16.3 Å². The quantitative estimate of drug-likeness (QED) is 0.691. The highest BCUT2D eigenvalue weighted by Gasteiger charge is 2.21. The first-order valence-corrected chi connectivity index (χ1v) is 9.85. The Morgan fingerprint density at radius 2 is 1.47 bits per heavy atom. The van der Waals surface area contributed by atoms with E-state index in [1.807, 2.05) is 83.8 Å². The van der Waals surface area contributed by atoms with Gasteiger partial charge in [0.25, 0.3) is 0 Å². The average Bonchev–Trinajstić information content (AvgIpc) is 2.81. The van der Waals surface area contributed by atoms with Crippen LogP contribution < -0.4 is 15.0 Å². The molecular weight excluding hydrogens is 376 g/mol. The lowest BCUT2D eigenvalue weighted by molar-refractivity contribution is 0.208. The molecule has 0 saturated carbocycles. The maximum Gasteiger partial charge on any atom is 0.321 e. The van der Waals surface area contributed by atoms with Crippen LogP contribution in [0.1, 0.15) is 5.56 Å². The fourth-order valence-corrected chi connectivity index (χ4v) is 3.35. The van der Waals surface area contributed by atoms with Crippen LogP contribution in [0.4, 0.5) is 16.2 Å². The summed E-state index contributed by atoms with van der Waals surface area (Å²) in [4.78, 5) is 16.6. The number of piperazine rings is 1. The lowest BCUT2D eigenvalue weighted by atomic mass is 10.2. The van der Waals surface area contributed by atoms with Crippen LogP contribution in [-0.2, 0) is 0 Å². The highest BCUT2D eigenvalue weighted by molar-refractivity contribution is 5.89. The molecule has 6 nitrogen and oxygen atoms in total. The van der Waals surface area contributed by atoms with Crippen molar-refractivity contribution in [1.82, 2.24) is 4.90 Å². The summed E-state index contributed by atoms with van der Waals surface area (Å²) in [6, 6.07) is 26.5. The first-order chi connectivity index (χ1) is 14.7. The summed E-state index contributed by atoms with van der Waals surface area (Å²) in [7, 11) is 0. The number of carbonyl (C=O) groups is 1. The van der Waals surface area contributed by atoms with Crippen LogP contribution in [0.3, 0.4) is 0 Å². The molecule has 0 aliphatic carbocycles. The number of carbonyl (C=O) groups excluding carboxylic acids is 1. The van der Waals surface area contributed by atoms with Gasteiger partial charge < -0.3 is 19.9 Å². The first-order valence-electron chi connectivity index (χ1n) is 9.85. The second kappa shape index (κ2) is 9.01. The largest absolute Gasteiger partial charge is 0.457 e. The number of anilines is 2. The normalized spacial score (nSPS) is 13.4. The lowest BCUT2D eigenvalue weighted by Crippen LogP contribution is -2.50. The molecule has 1 aliphatic heterocycles. The minimum Gasteiger partial charge on any atom is -0.457 e. The van der Waals surface area contributed by atoms with Crippen molar-refractivity contribution in [1.29, 1.82) is 5.26 Å². The summed E-state index contributed by atoms with van der Waals surface area (Å²) in [6.45, 7) is 2.79. The van der Waals surface area contributed by atoms with E-state index >= 15 is 0 Å². The van der Waals surface area contributed by atoms with Crippen LogP contribution in [0.15, 0.2) is 78.9 Å². The van der Waals surface area contributed by atoms with E-state index in [0.29, 0.717) is 18.7 Å². The van der Waals surface area contributed by atoms with Gasteiger partial charge in [-0.25, -0.2) is 4.79 Å². The molecule has 1 heterocycles. The highest BCUT2D eigenvalue weighted by atomic mass is 16.5. The van der Waals surface area contributed by atoms with Crippen LogP contribution in [0, 0.1) is 11.3 Å². The monoisotopic (exact) mass is 398 g/mol. The van der Waals surface area contributed by atoms with Gasteiger partial charge in [0.15, 0.2) is 0 Å². The topological polar surface area (TPSA) is 68.6 Å². The fraction of sp³-hybridized carbons (Fsp3) is 0.167. The van der Waals surface area contributed by atoms with Gasteiger partial charge in [-0.3, -0.25) is 0 Å². The number of rotatable bonds is 4. The maximum atomic E-state index is 12.6. The number of amides is 2. The summed E-state index contributed by atoms with van der Waals surface area (Å²) >= 11 is 0. The molecule has 0 aromatic heterocycles. The van der Waals surface area contributed by atoms with Gasteiger partial charge in [0.05, 0.1) is 11.6 Å². The zero-order valence-corrected chi connectivity index (χ0v) is 16.5. The van der Waals surface area contributed by atoms with E-state index in [0.717, 1.165) is 36.0 Å². The molecular formula is C24H22N4O2. The smallest absolute Gasteiger partial charge is 0.321 e. The summed E-state index contributed by atoms with van der Waals surface area (Å²) in [5, 5.41) is 11.9. The lowest BCUT2D eigenvalue weighted by Gasteiger charge is -2.36. The van der Waals surface area contributed by atoms with Crippen LogP contribution in [0.5, 0.6) is 11.5 Å². The molecule has 3 aromatic carbocycles. The number of hydrogen-bond acceptors (Lipinski definition) is 4. The molecule has 0 unspecified atom stereocenters. The molecule has 0 radical (unpaired) electrons. The van der Waals surface area contributed by atoms with E-state index in [9.17, 15) is 4.79 Å². The molecule has 1 saturated heterocycles. The minimum atomic E-state index is -0.105. The van der Waals surface area contributed by atoms with Crippen molar-refractivity contribution >= 4 is 17.4 Å². The van der Waals surface area contributed by atoms with E-state index in [-0.39, 0.29) is 6.03 Å². The van der Waals surface area contributed by atoms with Crippen molar-refractivity contribution in [2.75, 3.05) is 36.4 Å². The van der Waals surface area contributed by atoms with E-state index in [1.165, 1.54) is 0 Å². The molecule has 6 heteroatoms. The Kier molecular flexibility index (Phi) is 5.81. The van der Waals surface area contributed by atoms with Crippen molar-refractivity contribution in [3.8, 4) is 17.6 Å². The molecule has 30 heavy (non-hydrogen) atoms. The molecule has 0 atom stereocenters. The molecule has 1 fully saturated rings. The van der Waals surface area contributed by atoms with E-state index in [4.69, 9.17) is 10.00 Å². The third-order valence-corrected chi connectivity index (χ3v) is 5.01. The van der Waals surface area contributed by atoms with Crippen molar-refractivity contribution in [2.45, 2.75) is 0 Å². The van der Waals surface area contributed by atoms with Crippen molar-refractivity contribution in [2.24, 2.45) is 0 Å². The third kappa shape index (κ3) is 4.70. The molecule has 3 aromatic rings. The number of benzene rings is 3. The number of nitrogens with zero attached hydrogens (tertiary/aromatic N) is 3.